The highest BCUT2D eigenvalue weighted by molar-refractivity contribution is 7.89. The molecule has 2 amide bonds. The van der Waals surface area contributed by atoms with Crippen LogP contribution in [0.4, 0.5) is 5.69 Å². The molecule has 1 aliphatic heterocycles. The first kappa shape index (κ1) is 24.7. The van der Waals surface area contributed by atoms with Crippen LogP contribution in [0.3, 0.4) is 0 Å². The molecule has 8 heteroatoms. The second kappa shape index (κ2) is 11.2. The fourth-order valence-corrected chi connectivity index (χ4v) is 5.19. The monoisotopic (exact) mass is 469 g/mol. The number of hydrogen-bond acceptors (Lipinski definition) is 4. The Labute approximate surface area is 196 Å². The third-order valence-electron chi connectivity index (χ3n) is 5.73. The maximum absolute atomic E-state index is 12.9. The summed E-state index contributed by atoms with van der Waals surface area (Å²) in [5.41, 5.74) is 2.20. The lowest BCUT2D eigenvalue weighted by Gasteiger charge is -2.19. The average Bonchev–Trinajstić information content (AvgIpc) is 3.09. The number of nitrogens with zero attached hydrogens (tertiary/aromatic N) is 2. The summed E-state index contributed by atoms with van der Waals surface area (Å²) in [4.78, 5) is 25.8. The van der Waals surface area contributed by atoms with Crippen molar-refractivity contribution in [2.75, 3.05) is 25.5 Å². The van der Waals surface area contributed by atoms with Gasteiger partial charge >= 0.3 is 0 Å². The van der Waals surface area contributed by atoms with Gasteiger partial charge in [0.05, 0.1) is 4.90 Å². The van der Waals surface area contributed by atoms with Gasteiger partial charge in [0.25, 0.3) is 0 Å². The van der Waals surface area contributed by atoms with E-state index in [9.17, 15) is 18.0 Å². The minimum absolute atomic E-state index is 0.0580. The Morgan fingerprint density at radius 1 is 1.00 bits per heavy atom. The molecule has 1 heterocycles. The van der Waals surface area contributed by atoms with Crippen LogP contribution < -0.4 is 5.32 Å². The molecule has 0 saturated carbocycles. The molecule has 0 bridgehead atoms. The molecule has 176 valence electrons. The Morgan fingerprint density at radius 2 is 1.64 bits per heavy atom. The van der Waals surface area contributed by atoms with Crippen molar-refractivity contribution in [3.05, 3.63) is 65.7 Å². The first-order valence-corrected chi connectivity index (χ1v) is 12.6. The molecule has 7 nitrogen and oxygen atoms in total. The van der Waals surface area contributed by atoms with Crippen molar-refractivity contribution < 1.29 is 18.0 Å². The zero-order valence-electron chi connectivity index (χ0n) is 19.2. The van der Waals surface area contributed by atoms with Gasteiger partial charge in [-0.3, -0.25) is 9.59 Å². The average molecular weight is 470 g/mol. The van der Waals surface area contributed by atoms with Crippen molar-refractivity contribution >= 4 is 33.6 Å². The van der Waals surface area contributed by atoms with Crippen molar-refractivity contribution in [2.45, 2.75) is 44.0 Å². The molecule has 0 aromatic heterocycles. The molecule has 0 radical (unpaired) electrons. The highest BCUT2D eigenvalue weighted by Crippen LogP contribution is 2.21. The van der Waals surface area contributed by atoms with E-state index in [-0.39, 0.29) is 16.7 Å². The van der Waals surface area contributed by atoms with Gasteiger partial charge in [0, 0.05) is 45.4 Å². The van der Waals surface area contributed by atoms with E-state index in [0.29, 0.717) is 25.3 Å². The Kier molecular flexibility index (Phi) is 8.41. The Morgan fingerprint density at radius 3 is 2.27 bits per heavy atom. The molecule has 0 spiro atoms. The van der Waals surface area contributed by atoms with Crippen molar-refractivity contribution in [2.24, 2.45) is 0 Å². The van der Waals surface area contributed by atoms with Gasteiger partial charge in [-0.05, 0) is 48.2 Å². The molecule has 33 heavy (non-hydrogen) atoms. The summed E-state index contributed by atoms with van der Waals surface area (Å²) in [5, 5.41) is 2.84. The van der Waals surface area contributed by atoms with E-state index in [1.54, 1.807) is 52.7 Å². The quantitative estimate of drug-likeness (QED) is 0.624. The molecule has 1 saturated heterocycles. The lowest BCUT2D eigenvalue weighted by Crippen LogP contribution is -2.31. The van der Waals surface area contributed by atoms with E-state index in [0.717, 1.165) is 36.8 Å². The summed E-state index contributed by atoms with van der Waals surface area (Å²) >= 11 is 0. The van der Waals surface area contributed by atoms with Gasteiger partial charge in [-0.15, -0.1) is 0 Å². The largest absolute Gasteiger partial charge is 0.342 e. The lowest BCUT2D eigenvalue weighted by atomic mass is 10.1. The molecule has 3 rings (SSSR count). The molecule has 1 aliphatic rings. The first-order valence-electron chi connectivity index (χ1n) is 11.2. The van der Waals surface area contributed by atoms with Gasteiger partial charge in [-0.1, -0.05) is 43.2 Å². The number of hydrogen-bond donors (Lipinski definition) is 1. The number of anilines is 1. The minimum Gasteiger partial charge on any atom is -0.342 e. The third-order valence-corrected chi connectivity index (χ3v) is 7.64. The second-order valence-electron chi connectivity index (χ2n) is 8.24. The van der Waals surface area contributed by atoms with Gasteiger partial charge < -0.3 is 10.2 Å². The number of nitrogens with one attached hydrogen (secondary N) is 1. The van der Waals surface area contributed by atoms with Crippen LogP contribution in [0.1, 0.15) is 43.7 Å². The maximum atomic E-state index is 12.9. The Bertz CT molecular complexity index is 1100. The molecule has 2 aromatic rings. The fourth-order valence-electron chi connectivity index (χ4n) is 3.68. The van der Waals surface area contributed by atoms with E-state index < -0.39 is 10.0 Å². The highest BCUT2D eigenvalue weighted by atomic mass is 32.2. The zero-order valence-corrected chi connectivity index (χ0v) is 20.0. The van der Waals surface area contributed by atoms with Crippen molar-refractivity contribution in [3.63, 3.8) is 0 Å². The van der Waals surface area contributed by atoms with Gasteiger partial charge in [-0.25, -0.2) is 8.42 Å². The second-order valence-corrected chi connectivity index (χ2v) is 10.2. The van der Waals surface area contributed by atoms with Gasteiger partial charge in [-0.2, -0.15) is 4.31 Å². The van der Waals surface area contributed by atoms with Gasteiger partial charge in [0.2, 0.25) is 21.8 Å². The highest BCUT2D eigenvalue weighted by Gasteiger charge is 2.24. The van der Waals surface area contributed by atoms with Crippen LogP contribution in [0.2, 0.25) is 0 Å². The molecule has 0 unspecified atom stereocenters. The SMILES string of the molecule is CC(=O)N(C)Cc1ccccc1NC(=O)/C=C/c1ccc(S(=O)(=O)N2CCCCCC2)cc1. The van der Waals surface area contributed by atoms with E-state index in [1.807, 2.05) is 18.2 Å². The van der Waals surface area contributed by atoms with Crippen LogP contribution in [-0.4, -0.2) is 49.6 Å². The topological polar surface area (TPSA) is 86.8 Å². The number of rotatable bonds is 7. The molecular weight excluding hydrogens is 438 g/mol. The Balaban J connectivity index is 1.65. The van der Waals surface area contributed by atoms with E-state index in [1.165, 1.54) is 13.0 Å². The molecule has 2 aromatic carbocycles. The Hall–Kier alpha value is -2.97. The summed E-state index contributed by atoms with van der Waals surface area (Å²) in [6.07, 6.45) is 6.96. The predicted octanol–water partition coefficient (Wildman–Crippen LogP) is 3.88. The molecular formula is C25H31N3O4S. The normalized spacial score (nSPS) is 15.2. The van der Waals surface area contributed by atoms with E-state index in [2.05, 4.69) is 5.32 Å². The van der Waals surface area contributed by atoms with Crippen molar-refractivity contribution in [3.8, 4) is 0 Å². The number of carbonyl (C=O) groups excluding carboxylic acids is 2. The molecule has 1 fully saturated rings. The predicted molar refractivity (Wildman–Crippen MR) is 130 cm³/mol. The number of benzene rings is 2. The van der Waals surface area contributed by atoms with Crippen LogP contribution >= 0.6 is 0 Å². The summed E-state index contributed by atoms with van der Waals surface area (Å²) < 4.78 is 27.3. The van der Waals surface area contributed by atoms with Crippen LogP contribution in [0.15, 0.2) is 59.5 Å². The fraction of sp³-hybridized carbons (Fsp3) is 0.360. The van der Waals surface area contributed by atoms with E-state index in [4.69, 9.17) is 0 Å². The van der Waals surface area contributed by atoms with Gasteiger partial charge in [0.1, 0.15) is 0 Å². The smallest absolute Gasteiger partial charge is 0.248 e. The number of sulfonamides is 1. The van der Waals surface area contributed by atoms with Gasteiger partial charge in [0.15, 0.2) is 0 Å². The van der Waals surface area contributed by atoms with Crippen molar-refractivity contribution in [1.29, 1.82) is 0 Å². The molecule has 0 atom stereocenters. The summed E-state index contributed by atoms with van der Waals surface area (Å²) in [7, 11) is -1.79. The number of para-hydroxylation sites is 1. The van der Waals surface area contributed by atoms with Crippen molar-refractivity contribution in [1.82, 2.24) is 9.21 Å². The maximum Gasteiger partial charge on any atom is 0.248 e. The molecule has 0 aliphatic carbocycles. The third kappa shape index (κ3) is 6.76. The number of carbonyl (C=O) groups is 2. The first-order chi connectivity index (χ1) is 15.8. The van der Waals surface area contributed by atoms with Crippen LogP contribution in [-0.2, 0) is 26.2 Å². The van der Waals surface area contributed by atoms with Crippen LogP contribution in [0.5, 0.6) is 0 Å². The van der Waals surface area contributed by atoms with Crippen LogP contribution in [0, 0.1) is 0 Å². The summed E-state index contributed by atoms with van der Waals surface area (Å²) in [6.45, 7) is 3.01. The standard InChI is InChI=1S/C25H31N3O4S/c1-20(29)27(2)19-22-9-5-6-10-24(22)26-25(30)16-13-21-11-14-23(15-12-21)33(31,32)28-17-7-3-4-8-18-28/h5-6,9-16H,3-4,7-8,17-19H2,1-2H3,(H,26,30)/b16-13+. The van der Waals surface area contributed by atoms with Crippen LogP contribution in [0.25, 0.3) is 6.08 Å². The summed E-state index contributed by atoms with van der Waals surface area (Å²) in [6, 6.07) is 13.9. The van der Waals surface area contributed by atoms with E-state index >= 15 is 0 Å². The minimum atomic E-state index is -3.49. The molecule has 1 N–H and O–H groups in total. The number of amides is 2. The zero-order chi connectivity index (χ0) is 23.8. The lowest BCUT2D eigenvalue weighted by molar-refractivity contribution is -0.128. The summed E-state index contributed by atoms with van der Waals surface area (Å²) in [5.74, 6) is -0.369.